The molecule has 0 unspecified atom stereocenters. The number of rotatable bonds is 5. The van der Waals surface area contributed by atoms with E-state index in [4.69, 9.17) is 11.1 Å². The number of nitrogen functional groups attached to an aromatic ring is 1. The van der Waals surface area contributed by atoms with E-state index in [2.05, 4.69) is 10.6 Å². The molecule has 18 heavy (non-hydrogen) atoms. The lowest BCUT2D eigenvalue weighted by molar-refractivity contribution is -0.124. The lowest BCUT2D eigenvalue weighted by atomic mass is 10.2. The number of amides is 2. The van der Waals surface area contributed by atoms with E-state index in [9.17, 15) is 9.59 Å². The van der Waals surface area contributed by atoms with E-state index in [0.29, 0.717) is 11.3 Å². The van der Waals surface area contributed by atoms with Crippen molar-refractivity contribution in [3.05, 3.63) is 29.8 Å². The number of benzene rings is 1. The molecule has 6 nitrogen and oxygen atoms in total. The van der Waals surface area contributed by atoms with Crippen LogP contribution in [-0.2, 0) is 9.59 Å². The van der Waals surface area contributed by atoms with Crippen LogP contribution in [0.5, 0.6) is 0 Å². The van der Waals surface area contributed by atoms with Crippen LogP contribution in [0.25, 0.3) is 0 Å². The molecule has 0 fully saturated rings. The van der Waals surface area contributed by atoms with E-state index < -0.39 is 0 Å². The van der Waals surface area contributed by atoms with Crippen molar-refractivity contribution < 1.29 is 9.59 Å². The standard InChI is InChI=1S/C12H16N4O2/c1-15-10(17)6-7-11(18)16-9-4-2-8(3-5-9)12(13)14/h2-5H,6-7H2,1H3,(H3,13,14)(H,15,17)(H,16,18). The number of carbonyl (C=O) groups is 2. The fraction of sp³-hybridized carbons (Fsp3) is 0.250. The monoisotopic (exact) mass is 248 g/mol. The van der Waals surface area contributed by atoms with Gasteiger partial charge in [0.05, 0.1) is 0 Å². The summed E-state index contributed by atoms with van der Waals surface area (Å²) in [5, 5.41) is 12.3. The van der Waals surface area contributed by atoms with Crippen LogP contribution < -0.4 is 16.4 Å². The van der Waals surface area contributed by atoms with Crippen molar-refractivity contribution in [2.75, 3.05) is 12.4 Å². The van der Waals surface area contributed by atoms with Crippen LogP contribution in [0.2, 0.25) is 0 Å². The Hall–Kier alpha value is -2.37. The van der Waals surface area contributed by atoms with Crippen molar-refractivity contribution in [2.24, 2.45) is 5.73 Å². The van der Waals surface area contributed by atoms with E-state index in [-0.39, 0.29) is 30.5 Å². The Labute approximate surface area is 105 Å². The number of hydrogen-bond donors (Lipinski definition) is 4. The number of amidine groups is 1. The summed E-state index contributed by atoms with van der Waals surface area (Å²) in [4.78, 5) is 22.5. The van der Waals surface area contributed by atoms with Crippen LogP contribution >= 0.6 is 0 Å². The third-order valence-electron chi connectivity index (χ3n) is 2.34. The van der Waals surface area contributed by atoms with Crippen molar-refractivity contribution in [3.8, 4) is 0 Å². The van der Waals surface area contributed by atoms with Gasteiger partial charge in [-0.2, -0.15) is 0 Å². The summed E-state index contributed by atoms with van der Waals surface area (Å²) >= 11 is 0. The second kappa shape index (κ2) is 6.39. The van der Waals surface area contributed by atoms with E-state index in [1.54, 1.807) is 24.3 Å². The number of nitrogens with two attached hydrogens (primary N) is 1. The minimum atomic E-state index is -0.228. The Morgan fingerprint density at radius 1 is 1.17 bits per heavy atom. The van der Waals surface area contributed by atoms with Gasteiger partial charge in [0.2, 0.25) is 11.8 Å². The summed E-state index contributed by atoms with van der Waals surface area (Å²) in [6, 6.07) is 6.62. The molecule has 2 amide bonds. The van der Waals surface area contributed by atoms with Gasteiger partial charge in [0, 0.05) is 31.1 Å². The molecule has 0 atom stereocenters. The highest BCUT2D eigenvalue weighted by Gasteiger charge is 2.06. The Kier molecular flexibility index (Phi) is 4.86. The van der Waals surface area contributed by atoms with Gasteiger partial charge in [-0.05, 0) is 24.3 Å². The molecule has 5 N–H and O–H groups in total. The maximum Gasteiger partial charge on any atom is 0.224 e. The molecule has 0 saturated carbocycles. The summed E-state index contributed by atoms with van der Waals surface area (Å²) < 4.78 is 0. The highest BCUT2D eigenvalue weighted by Crippen LogP contribution is 2.09. The van der Waals surface area contributed by atoms with Crippen LogP contribution in [0.3, 0.4) is 0 Å². The van der Waals surface area contributed by atoms with Crippen LogP contribution in [-0.4, -0.2) is 24.7 Å². The largest absolute Gasteiger partial charge is 0.384 e. The number of carbonyl (C=O) groups excluding carboxylic acids is 2. The van der Waals surface area contributed by atoms with Gasteiger partial charge >= 0.3 is 0 Å². The number of anilines is 1. The normalized spacial score (nSPS) is 9.61. The summed E-state index contributed by atoms with van der Waals surface area (Å²) in [6.07, 6.45) is 0.294. The predicted molar refractivity (Wildman–Crippen MR) is 69.4 cm³/mol. The molecule has 0 aliphatic carbocycles. The second-order valence-electron chi connectivity index (χ2n) is 3.71. The average molecular weight is 248 g/mol. The molecule has 1 aromatic carbocycles. The van der Waals surface area contributed by atoms with E-state index >= 15 is 0 Å². The first-order chi connectivity index (χ1) is 8.52. The average Bonchev–Trinajstić information content (AvgIpc) is 2.36. The van der Waals surface area contributed by atoms with Gasteiger partial charge in [-0.25, -0.2) is 0 Å². The molecule has 0 radical (unpaired) electrons. The maximum atomic E-state index is 11.5. The van der Waals surface area contributed by atoms with Gasteiger partial charge in [-0.15, -0.1) is 0 Å². The fourth-order valence-electron chi connectivity index (χ4n) is 1.31. The van der Waals surface area contributed by atoms with Gasteiger partial charge in [0.25, 0.3) is 0 Å². The van der Waals surface area contributed by atoms with Crippen molar-refractivity contribution in [3.63, 3.8) is 0 Å². The van der Waals surface area contributed by atoms with Gasteiger partial charge < -0.3 is 16.4 Å². The van der Waals surface area contributed by atoms with E-state index in [1.807, 2.05) is 0 Å². The zero-order valence-electron chi connectivity index (χ0n) is 10.1. The number of nitrogens with one attached hydrogen (secondary N) is 3. The number of hydrogen-bond acceptors (Lipinski definition) is 3. The summed E-state index contributed by atoms with van der Waals surface area (Å²) in [5.74, 6) is -0.418. The molecule has 1 rings (SSSR count). The molecule has 0 saturated heterocycles. The molecule has 0 heterocycles. The summed E-state index contributed by atoms with van der Waals surface area (Å²) in [6.45, 7) is 0. The van der Waals surface area contributed by atoms with E-state index in [0.717, 1.165) is 0 Å². The maximum absolute atomic E-state index is 11.5. The molecule has 0 aromatic heterocycles. The molecule has 96 valence electrons. The molecular weight excluding hydrogens is 232 g/mol. The fourth-order valence-corrected chi connectivity index (χ4v) is 1.31. The van der Waals surface area contributed by atoms with Crippen molar-refractivity contribution >= 4 is 23.3 Å². The van der Waals surface area contributed by atoms with Crippen molar-refractivity contribution in [1.29, 1.82) is 5.41 Å². The Balaban J connectivity index is 2.49. The SMILES string of the molecule is CNC(=O)CCC(=O)Nc1ccc(C(=N)N)cc1. The molecule has 6 heteroatoms. The van der Waals surface area contributed by atoms with Crippen molar-refractivity contribution in [2.45, 2.75) is 12.8 Å². The molecule has 0 aliphatic rings. The lowest BCUT2D eigenvalue weighted by Crippen LogP contribution is -2.20. The van der Waals surface area contributed by atoms with E-state index in [1.165, 1.54) is 7.05 Å². The van der Waals surface area contributed by atoms with Crippen LogP contribution in [0.15, 0.2) is 24.3 Å². The second-order valence-corrected chi connectivity index (χ2v) is 3.71. The zero-order chi connectivity index (χ0) is 13.5. The third kappa shape index (κ3) is 4.25. The van der Waals surface area contributed by atoms with Gasteiger partial charge in [0.15, 0.2) is 0 Å². The highest BCUT2D eigenvalue weighted by atomic mass is 16.2. The highest BCUT2D eigenvalue weighted by molar-refractivity contribution is 5.96. The molecule has 0 bridgehead atoms. The molecule has 0 aliphatic heterocycles. The summed E-state index contributed by atoms with van der Waals surface area (Å²) in [7, 11) is 1.53. The topological polar surface area (TPSA) is 108 Å². The minimum absolute atomic E-state index is 0.0208. The van der Waals surface area contributed by atoms with Gasteiger partial charge in [-0.1, -0.05) is 0 Å². The lowest BCUT2D eigenvalue weighted by Gasteiger charge is -2.05. The molecular formula is C12H16N4O2. The first-order valence-electron chi connectivity index (χ1n) is 5.48. The predicted octanol–water partition coefficient (Wildman–Crippen LogP) is 0.435. The first-order valence-corrected chi connectivity index (χ1v) is 5.48. The van der Waals surface area contributed by atoms with Crippen molar-refractivity contribution in [1.82, 2.24) is 5.32 Å². The first kappa shape index (κ1) is 13.7. The van der Waals surface area contributed by atoms with Crippen LogP contribution in [0.4, 0.5) is 5.69 Å². The quantitative estimate of drug-likeness (QED) is 0.448. The van der Waals surface area contributed by atoms with Crippen LogP contribution in [0.1, 0.15) is 18.4 Å². The molecule has 0 spiro atoms. The minimum Gasteiger partial charge on any atom is -0.384 e. The van der Waals surface area contributed by atoms with Crippen LogP contribution in [0, 0.1) is 5.41 Å². The molecule has 1 aromatic rings. The van der Waals surface area contributed by atoms with Gasteiger partial charge in [-0.3, -0.25) is 15.0 Å². The third-order valence-corrected chi connectivity index (χ3v) is 2.34. The smallest absolute Gasteiger partial charge is 0.224 e. The summed E-state index contributed by atoms with van der Waals surface area (Å²) in [5.41, 5.74) is 6.52. The Morgan fingerprint density at radius 2 is 1.72 bits per heavy atom. The van der Waals surface area contributed by atoms with Gasteiger partial charge in [0.1, 0.15) is 5.84 Å². The Morgan fingerprint density at radius 3 is 2.22 bits per heavy atom. The zero-order valence-corrected chi connectivity index (χ0v) is 10.1. The Bertz CT molecular complexity index is 454.